The van der Waals surface area contributed by atoms with Gasteiger partial charge in [0.2, 0.25) is 10.0 Å². The van der Waals surface area contributed by atoms with Crippen LogP contribution in [0.4, 0.5) is 11.4 Å². The largest absolute Gasteiger partial charge is 0.492 e. The maximum atomic E-state index is 11.2. The fraction of sp³-hybridized carbons (Fsp3) is 0.250. The fourth-order valence-corrected chi connectivity index (χ4v) is 3.40. The molecule has 0 bridgehead atoms. The van der Waals surface area contributed by atoms with E-state index in [0.29, 0.717) is 24.6 Å². The quantitative estimate of drug-likeness (QED) is 0.606. The molecule has 0 fully saturated rings. The molecule has 0 aliphatic carbocycles. The average Bonchev–Trinajstić information content (AvgIpc) is 2.61. The van der Waals surface area contributed by atoms with E-state index in [2.05, 4.69) is 28.0 Å². The Morgan fingerprint density at radius 3 is 2.44 bits per heavy atom. The Morgan fingerprint density at radius 2 is 1.74 bits per heavy atom. The van der Waals surface area contributed by atoms with E-state index in [4.69, 9.17) is 4.74 Å². The number of anilines is 2. The van der Waals surface area contributed by atoms with Crippen molar-refractivity contribution in [3.8, 4) is 5.75 Å². The Labute approximate surface area is 159 Å². The Balaban J connectivity index is 1.61. The topological polar surface area (TPSA) is 80.3 Å². The molecule has 0 aliphatic rings. The molecule has 7 heteroatoms. The molecule has 0 spiro atoms. The van der Waals surface area contributed by atoms with Gasteiger partial charge in [0.15, 0.2) is 0 Å². The van der Waals surface area contributed by atoms with Crippen molar-refractivity contribution in [3.63, 3.8) is 0 Å². The summed E-state index contributed by atoms with van der Waals surface area (Å²) in [5, 5.41) is 4.55. The lowest BCUT2D eigenvalue weighted by atomic mass is 10.1. The Kier molecular flexibility index (Phi) is 5.51. The molecule has 2 N–H and O–H groups in total. The van der Waals surface area contributed by atoms with Crippen LogP contribution in [-0.2, 0) is 10.0 Å². The summed E-state index contributed by atoms with van der Waals surface area (Å²) in [4.78, 5) is 4.63. The van der Waals surface area contributed by atoms with Crippen molar-refractivity contribution in [1.29, 1.82) is 0 Å². The number of aromatic nitrogens is 1. The normalized spacial score (nSPS) is 11.4. The highest BCUT2D eigenvalue weighted by Crippen LogP contribution is 2.27. The highest BCUT2D eigenvalue weighted by Gasteiger charge is 2.08. The number of rotatable bonds is 7. The summed E-state index contributed by atoms with van der Waals surface area (Å²) in [6.07, 6.45) is 1.12. The van der Waals surface area contributed by atoms with Crippen LogP contribution in [0, 0.1) is 13.8 Å². The van der Waals surface area contributed by atoms with Crippen LogP contribution >= 0.6 is 0 Å². The van der Waals surface area contributed by atoms with Crippen molar-refractivity contribution in [2.75, 3.05) is 29.4 Å². The molecule has 27 heavy (non-hydrogen) atoms. The van der Waals surface area contributed by atoms with Gasteiger partial charge in [0.05, 0.1) is 11.8 Å². The van der Waals surface area contributed by atoms with Crippen molar-refractivity contribution in [3.05, 3.63) is 59.8 Å². The first-order valence-corrected chi connectivity index (χ1v) is 10.5. The number of hydrogen-bond donors (Lipinski definition) is 2. The lowest BCUT2D eigenvalue weighted by Crippen LogP contribution is -2.13. The highest BCUT2D eigenvalue weighted by atomic mass is 32.2. The number of ether oxygens (including phenoxy) is 1. The first-order valence-electron chi connectivity index (χ1n) is 8.64. The van der Waals surface area contributed by atoms with Crippen LogP contribution in [0.1, 0.15) is 11.3 Å². The van der Waals surface area contributed by atoms with E-state index in [9.17, 15) is 8.42 Å². The SMILES string of the molecule is Cc1nc2ccccc2c(NCCOc2ccc(NS(C)(=O)=O)cc2)c1C. The van der Waals surface area contributed by atoms with Crippen molar-refractivity contribution < 1.29 is 13.2 Å². The molecule has 0 aliphatic heterocycles. The number of aryl methyl sites for hydroxylation is 1. The third kappa shape index (κ3) is 4.89. The molecule has 3 aromatic rings. The highest BCUT2D eigenvalue weighted by molar-refractivity contribution is 7.92. The minimum Gasteiger partial charge on any atom is -0.492 e. The zero-order valence-electron chi connectivity index (χ0n) is 15.6. The summed E-state index contributed by atoms with van der Waals surface area (Å²) in [7, 11) is -3.27. The molecular weight excluding hydrogens is 362 g/mol. The van der Waals surface area contributed by atoms with E-state index >= 15 is 0 Å². The Hall–Kier alpha value is -2.80. The van der Waals surface area contributed by atoms with Crippen LogP contribution in [-0.4, -0.2) is 32.8 Å². The van der Waals surface area contributed by atoms with Crippen molar-refractivity contribution in [2.45, 2.75) is 13.8 Å². The Morgan fingerprint density at radius 1 is 1.04 bits per heavy atom. The van der Waals surface area contributed by atoms with Crippen LogP contribution in [0.5, 0.6) is 5.75 Å². The van der Waals surface area contributed by atoms with Crippen LogP contribution in [0.25, 0.3) is 10.9 Å². The van der Waals surface area contributed by atoms with E-state index in [0.717, 1.165) is 34.1 Å². The lowest BCUT2D eigenvalue weighted by molar-refractivity contribution is 0.333. The number of pyridine rings is 1. The number of nitrogens with zero attached hydrogens (tertiary/aromatic N) is 1. The van der Waals surface area contributed by atoms with Gasteiger partial charge < -0.3 is 10.1 Å². The van der Waals surface area contributed by atoms with Crippen LogP contribution in [0.2, 0.25) is 0 Å². The van der Waals surface area contributed by atoms with Gasteiger partial charge in [-0.1, -0.05) is 18.2 Å². The molecule has 0 unspecified atom stereocenters. The molecule has 3 rings (SSSR count). The summed E-state index contributed by atoms with van der Waals surface area (Å²) in [6.45, 7) is 5.19. The van der Waals surface area contributed by atoms with E-state index in [1.165, 1.54) is 0 Å². The summed E-state index contributed by atoms with van der Waals surface area (Å²) in [5.41, 5.74) is 4.70. The van der Waals surface area contributed by atoms with Crippen LogP contribution in [0.15, 0.2) is 48.5 Å². The third-order valence-electron chi connectivity index (χ3n) is 4.21. The summed E-state index contributed by atoms with van der Waals surface area (Å²) >= 11 is 0. The zero-order valence-corrected chi connectivity index (χ0v) is 16.4. The number of hydrogen-bond acceptors (Lipinski definition) is 5. The minimum atomic E-state index is -3.27. The van der Waals surface area contributed by atoms with E-state index in [-0.39, 0.29) is 0 Å². The molecule has 6 nitrogen and oxygen atoms in total. The molecular formula is C20H23N3O3S. The Bertz CT molecular complexity index is 1050. The van der Waals surface area contributed by atoms with Gasteiger partial charge in [-0.25, -0.2) is 8.42 Å². The summed E-state index contributed by atoms with van der Waals surface area (Å²) in [6, 6.07) is 14.9. The number of benzene rings is 2. The van der Waals surface area contributed by atoms with Crippen molar-refractivity contribution >= 4 is 32.3 Å². The van der Waals surface area contributed by atoms with Gasteiger partial charge >= 0.3 is 0 Å². The van der Waals surface area contributed by atoms with E-state index in [1.54, 1.807) is 24.3 Å². The third-order valence-corrected chi connectivity index (χ3v) is 4.82. The fourth-order valence-electron chi connectivity index (χ4n) is 2.84. The maximum absolute atomic E-state index is 11.2. The summed E-state index contributed by atoms with van der Waals surface area (Å²) < 4.78 is 30.6. The first kappa shape index (κ1) is 19.0. The molecule has 0 saturated carbocycles. The predicted molar refractivity (Wildman–Crippen MR) is 110 cm³/mol. The predicted octanol–water partition coefficient (Wildman–Crippen LogP) is 3.71. The van der Waals surface area contributed by atoms with E-state index < -0.39 is 10.0 Å². The number of fused-ring (bicyclic) bond motifs is 1. The lowest BCUT2D eigenvalue weighted by Gasteiger charge is -2.15. The van der Waals surface area contributed by atoms with Gasteiger partial charge in [0, 0.05) is 29.0 Å². The monoisotopic (exact) mass is 385 g/mol. The van der Waals surface area contributed by atoms with Crippen LogP contribution < -0.4 is 14.8 Å². The smallest absolute Gasteiger partial charge is 0.229 e. The van der Waals surface area contributed by atoms with Crippen molar-refractivity contribution in [1.82, 2.24) is 4.98 Å². The van der Waals surface area contributed by atoms with Gasteiger partial charge in [0.1, 0.15) is 12.4 Å². The van der Waals surface area contributed by atoms with Gasteiger partial charge in [-0.05, 0) is 49.7 Å². The molecule has 0 atom stereocenters. The molecule has 1 aromatic heterocycles. The van der Waals surface area contributed by atoms with Crippen LogP contribution in [0.3, 0.4) is 0 Å². The number of nitrogens with one attached hydrogen (secondary N) is 2. The minimum absolute atomic E-state index is 0.480. The second kappa shape index (κ2) is 7.84. The van der Waals surface area contributed by atoms with Gasteiger partial charge in [-0.3, -0.25) is 9.71 Å². The second-order valence-corrected chi connectivity index (χ2v) is 8.14. The zero-order chi connectivity index (χ0) is 19.4. The molecule has 0 amide bonds. The van der Waals surface area contributed by atoms with Gasteiger partial charge in [0.25, 0.3) is 0 Å². The standard InChI is InChI=1S/C20H23N3O3S/c1-14-15(2)22-19-7-5-4-6-18(19)20(14)21-12-13-26-17-10-8-16(9-11-17)23-27(3,24)25/h4-11,23H,12-13H2,1-3H3,(H,21,22). The summed E-state index contributed by atoms with van der Waals surface area (Å²) in [5.74, 6) is 0.684. The average molecular weight is 385 g/mol. The molecule has 0 radical (unpaired) electrons. The molecule has 0 saturated heterocycles. The maximum Gasteiger partial charge on any atom is 0.229 e. The molecule has 1 heterocycles. The van der Waals surface area contributed by atoms with Gasteiger partial charge in [-0.15, -0.1) is 0 Å². The van der Waals surface area contributed by atoms with Gasteiger partial charge in [-0.2, -0.15) is 0 Å². The number of para-hydroxylation sites is 1. The second-order valence-electron chi connectivity index (χ2n) is 6.39. The molecule has 142 valence electrons. The van der Waals surface area contributed by atoms with Crippen molar-refractivity contribution in [2.24, 2.45) is 0 Å². The molecule has 2 aromatic carbocycles. The van der Waals surface area contributed by atoms with E-state index in [1.807, 2.05) is 25.1 Å². The number of sulfonamides is 1. The first-order chi connectivity index (χ1) is 12.8.